The molecule has 1 aliphatic heterocycles. The lowest BCUT2D eigenvalue weighted by molar-refractivity contribution is -0.124. The fourth-order valence-corrected chi connectivity index (χ4v) is 3.18. The van der Waals surface area contributed by atoms with Gasteiger partial charge < -0.3 is 15.3 Å². The maximum absolute atomic E-state index is 12.0. The van der Waals surface area contributed by atoms with Gasteiger partial charge in [0.25, 0.3) is 0 Å². The number of carbonyl (C=O) groups excluding carboxylic acids is 1. The second-order valence-corrected chi connectivity index (χ2v) is 5.85. The van der Waals surface area contributed by atoms with E-state index in [0.29, 0.717) is 6.42 Å². The van der Waals surface area contributed by atoms with Crippen LogP contribution in [0.1, 0.15) is 51.4 Å². The number of hydrogen-bond donors (Lipinski definition) is 2. The monoisotopic (exact) mass is 254 g/mol. The molecule has 1 saturated heterocycles. The van der Waals surface area contributed by atoms with Gasteiger partial charge in [0, 0.05) is 13.0 Å². The number of nitrogens with zero attached hydrogens (tertiary/aromatic N) is 1. The van der Waals surface area contributed by atoms with Crippen molar-refractivity contribution >= 4 is 5.91 Å². The number of aliphatic hydroxyl groups is 1. The van der Waals surface area contributed by atoms with Gasteiger partial charge in [0.2, 0.25) is 5.91 Å². The number of carbonyl (C=O) groups is 1. The number of nitrogens with one attached hydrogen (secondary N) is 1. The van der Waals surface area contributed by atoms with Crippen LogP contribution in [0.5, 0.6) is 0 Å². The Morgan fingerprint density at radius 1 is 1.11 bits per heavy atom. The largest absolute Gasteiger partial charge is 0.394 e. The van der Waals surface area contributed by atoms with Gasteiger partial charge in [0.05, 0.1) is 12.1 Å². The first kappa shape index (κ1) is 13.8. The second kappa shape index (κ2) is 6.53. The van der Waals surface area contributed by atoms with Gasteiger partial charge in [-0.05, 0) is 38.8 Å². The summed E-state index contributed by atoms with van der Waals surface area (Å²) in [5, 5.41) is 12.6. The molecular formula is C14H26N2O2. The Balaban J connectivity index is 1.74. The van der Waals surface area contributed by atoms with Gasteiger partial charge in [-0.1, -0.05) is 19.3 Å². The maximum atomic E-state index is 12.0. The predicted molar refractivity (Wildman–Crippen MR) is 71.3 cm³/mol. The maximum Gasteiger partial charge on any atom is 0.221 e. The molecule has 104 valence electrons. The summed E-state index contributed by atoms with van der Waals surface area (Å²) in [6.07, 6.45) is 8.43. The van der Waals surface area contributed by atoms with Gasteiger partial charge in [-0.25, -0.2) is 0 Å². The summed E-state index contributed by atoms with van der Waals surface area (Å²) in [6.45, 7) is 3.23. The van der Waals surface area contributed by atoms with E-state index in [1.165, 1.54) is 19.3 Å². The topological polar surface area (TPSA) is 52.6 Å². The normalized spacial score (nSPS) is 24.1. The molecule has 18 heavy (non-hydrogen) atoms. The summed E-state index contributed by atoms with van der Waals surface area (Å²) in [4.78, 5) is 14.3. The summed E-state index contributed by atoms with van der Waals surface area (Å²) in [5.41, 5.74) is -0.319. The predicted octanol–water partition coefficient (Wildman–Crippen LogP) is 1.28. The van der Waals surface area contributed by atoms with Crippen LogP contribution in [-0.4, -0.2) is 47.7 Å². The molecule has 4 heteroatoms. The van der Waals surface area contributed by atoms with Crippen LogP contribution in [0.25, 0.3) is 0 Å². The molecule has 0 aromatic carbocycles. The highest BCUT2D eigenvalue weighted by Crippen LogP contribution is 2.27. The Labute approximate surface area is 110 Å². The quantitative estimate of drug-likeness (QED) is 0.777. The van der Waals surface area contributed by atoms with Crippen molar-refractivity contribution in [2.45, 2.75) is 56.9 Å². The van der Waals surface area contributed by atoms with E-state index in [9.17, 15) is 9.90 Å². The molecule has 0 unspecified atom stereocenters. The van der Waals surface area contributed by atoms with E-state index in [1.54, 1.807) is 0 Å². The van der Waals surface area contributed by atoms with Crippen LogP contribution in [-0.2, 0) is 4.79 Å². The highest BCUT2D eigenvalue weighted by Gasteiger charge is 2.32. The first-order valence-corrected chi connectivity index (χ1v) is 7.38. The van der Waals surface area contributed by atoms with Crippen molar-refractivity contribution < 1.29 is 9.90 Å². The van der Waals surface area contributed by atoms with Crippen molar-refractivity contribution in [1.29, 1.82) is 0 Å². The molecule has 0 spiro atoms. The molecular weight excluding hydrogens is 228 g/mol. The molecule has 0 aromatic heterocycles. The van der Waals surface area contributed by atoms with Gasteiger partial charge >= 0.3 is 0 Å². The van der Waals surface area contributed by atoms with Crippen molar-refractivity contribution in [3.05, 3.63) is 0 Å². The van der Waals surface area contributed by atoms with E-state index in [1.807, 2.05) is 0 Å². The minimum atomic E-state index is -0.319. The Morgan fingerprint density at radius 2 is 1.78 bits per heavy atom. The fourth-order valence-electron chi connectivity index (χ4n) is 3.18. The lowest BCUT2D eigenvalue weighted by Gasteiger charge is -2.36. The van der Waals surface area contributed by atoms with Crippen LogP contribution in [0.15, 0.2) is 0 Å². The van der Waals surface area contributed by atoms with E-state index in [2.05, 4.69) is 10.2 Å². The molecule has 2 N–H and O–H groups in total. The van der Waals surface area contributed by atoms with Gasteiger partial charge in [0.1, 0.15) is 0 Å². The Kier molecular flexibility index (Phi) is 5.01. The highest BCUT2D eigenvalue weighted by atomic mass is 16.3. The van der Waals surface area contributed by atoms with Crippen LogP contribution in [0, 0.1) is 0 Å². The molecule has 1 saturated carbocycles. The molecule has 0 atom stereocenters. The minimum absolute atomic E-state index is 0.0858. The smallest absolute Gasteiger partial charge is 0.221 e. The van der Waals surface area contributed by atoms with E-state index in [-0.39, 0.29) is 18.1 Å². The summed E-state index contributed by atoms with van der Waals surface area (Å²) in [5.74, 6) is 0.109. The van der Waals surface area contributed by atoms with Gasteiger partial charge in [-0.15, -0.1) is 0 Å². The Bertz CT molecular complexity index is 269. The number of rotatable bonds is 5. The van der Waals surface area contributed by atoms with Crippen molar-refractivity contribution in [3.8, 4) is 0 Å². The molecule has 2 rings (SSSR count). The first-order valence-electron chi connectivity index (χ1n) is 7.38. The molecule has 1 aliphatic carbocycles. The molecule has 4 nitrogen and oxygen atoms in total. The number of aliphatic hydroxyl groups excluding tert-OH is 1. The molecule has 2 fully saturated rings. The van der Waals surface area contributed by atoms with Crippen LogP contribution >= 0.6 is 0 Å². The summed E-state index contributed by atoms with van der Waals surface area (Å²) < 4.78 is 0. The standard InChI is InChI=1S/C14H26N2O2/c17-12-14(7-2-1-3-8-14)15-13(18)6-11-16-9-4-5-10-16/h17H,1-12H2,(H,15,18). The van der Waals surface area contributed by atoms with Crippen LogP contribution in [0.4, 0.5) is 0 Å². The first-order chi connectivity index (χ1) is 8.74. The van der Waals surface area contributed by atoms with Crippen molar-refractivity contribution in [2.24, 2.45) is 0 Å². The van der Waals surface area contributed by atoms with Gasteiger partial charge in [-0.2, -0.15) is 0 Å². The minimum Gasteiger partial charge on any atom is -0.394 e. The van der Waals surface area contributed by atoms with Crippen molar-refractivity contribution in [2.75, 3.05) is 26.2 Å². The lowest BCUT2D eigenvalue weighted by Crippen LogP contribution is -2.52. The third-order valence-electron chi connectivity index (χ3n) is 4.37. The third-order valence-corrected chi connectivity index (χ3v) is 4.37. The van der Waals surface area contributed by atoms with Crippen molar-refractivity contribution in [1.82, 2.24) is 10.2 Å². The summed E-state index contributed by atoms with van der Waals surface area (Å²) in [7, 11) is 0. The second-order valence-electron chi connectivity index (χ2n) is 5.85. The van der Waals surface area contributed by atoms with Crippen LogP contribution < -0.4 is 5.32 Å². The third kappa shape index (κ3) is 3.69. The molecule has 0 aromatic rings. The van der Waals surface area contributed by atoms with E-state index < -0.39 is 0 Å². The highest BCUT2D eigenvalue weighted by molar-refractivity contribution is 5.77. The average Bonchev–Trinajstić information content (AvgIpc) is 2.91. The summed E-state index contributed by atoms with van der Waals surface area (Å²) in [6, 6.07) is 0. The van der Waals surface area contributed by atoms with Crippen LogP contribution in [0.3, 0.4) is 0 Å². The zero-order valence-electron chi connectivity index (χ0n) is 11.3. The lowest BCUT2D eigenvalue weighted by atomic mass is 9.82. The molecule has 0 bridgehead atoms. The summed E-state index contributed by atoms with van der Waals surface area (Å²) >= 11 is 0. The molecule has 0 radical (unpaired) electrons. The Morgan fingerprint density at radius 3 is 2.39 bits per heavy atom. The zero-order chi connectivity index (χ0) is 12.8. The molecule has 1 amide bonds. The van der Waals surface area contributed by atoms with Crippen LogP contribution in [0.2, 0.25) is 0 Å². The molecule has 1 heterocycles. The number of likely N-dealkylation sites (tertiary alicyclic amines) is 1. The number of hydrogen-bond acceptors (Lipinski definition) is 3. The van der Waals surface area contributed by atoms with Gasteiger partial charge in [-0.3, -0.25) is 4.79 Å². The Hall–Kier alpha value is -0.610. The van der Waals surface area contributed by atoms with Gasteiger partial charge in [0.15, 0.2) is 0 Å². The van der Waals surface area contributed by atoms with E-state index >= 15 is 0 Å². The number of amides is 1. The van der Waals surface area contributed by atoms with E-state index in [0.717, 1.165) is 45.3 Å². The fraction of sp³-hybridized carbons (Fsp3) is 0.929. The zero-order valence-corrected chi connectivity index (χ0v) is 11.3. The SMILES string of the molecule is O=C(CCN1CCCC1)NC1(CO)CCCCC1. The molecule has 2 aliphatic rings. The van der Waals surface area contributed by atoms with E-state index in [4.69, 9.17) is 0 Å². The average molecular weight is 254 g/mol. The van der Waals surface area contributed by atoms with Crippen molar-refractivity contribution in [3.63, 3.8) is 0 Å².